The number of carbonyl (C=O) groups is 3. The molecule has 0 spiro atoms. The molecule has 0 radical (unpaired) electrons. The van der Waals surface area contributed by atoms with Gasteiger partial charge in [-0.05, 0) is 72.1 Å². The molecule has 210 valence electrons. The summed E-state index contributed by atoms with van der Waals surface area (Å²) >= 11 is 0. The highest BCUT2D eigenvalue weighted by molar-refractivity contribution is 6.30. The van der Waals surface area contributed by atoms with Crippen LogP contribution in [0, 0.1) is 22.2 Å². The number of benzene rings is 1. The molecule has 4 rings (SSSR count). The topological polar surface area (TPSA) is 89.9 Å². The van der Waals surface area contributed by atoms with Gasteiger partial charge in [0.2, 0.25) is 0 Å². The molecule has 1 aliphatic heterocycles. The SMILES string of the molecule is CC(C)=CC[C@H]1C[C@@]2(CC=C(C)C)C(=O)C3=C(OC(C)(C)[C@H](OO)C3)[C@](C(=O)c3ccccc3)(C2=O)C1(C)C. The fourth-order valence-corrected chi connectivity index (χ4v) is 6.89. The molecule has 0 aromatic heterocycles. The second-order valence-electron chi connectivity index (χ2n) is 13.1. The van der Waals surface area contributed by atoms with Crippen LogP contribution in [0.2, 0.25) is 0 Å². The Hall–Kier alpha value is -2.83. The molecule has 1 fully saturated rings. The van der Waals surface area contributed by atoms with Crippen molar-refractivity contribution in [3.63, 3.8) is 0 Å². The normalized spacial score (nSPS) is 30.7. The Kier molecular flexibility index (Phi) is 7.46. The molecule has 2 aliphatic carbocycles. The van der Waals surface area contributed by atoms with Crippen LogP contribution < -0.4 is 0 Å². The van der Waals surface area contributed by atoms with Crippen molar-refractivity contribution in [3.8, 4) is 0 Å². The highest BCUT2D eigenvalue weighted by Crippen LogP contribution is 2.68. The maximum Gasteiger partial charge on any atom is 0.184 e. The average molecular weight is 535 g/mol. The van der Waals surface area contributed by atoms with E-state index in [-0.39, 0.29) is 47.4 Å². The van der Waals surface area contributed by atoms with Gasteiger partial charge in [-0.1, -0.05) is 67.5 Å². The Morgan fingerprint density at radius 1 is 1.03 bits per heavy atom. The van der Waals surface area contributed by atoms with Crippen LogP contribution >= 0.6 is 0 Å². The zero-order chi connectivity index (χ0) is 29.0. The van der Waals surface area contributed by atoms with Crippen LogP contribution in [0.3, 0.4) is 0 Å². The van der Waals surface area contributed by atoms with Gasteiger partial charge in [0.25, 0.3) is 0 Å². The summed E-state index contributed by atoms with van der Waals surface area (Å²) in [5.41, 5.74) is -2.28. The zero-order valence-corrected chi connectivity index (χ0v) is 24.5. The number of allylic oxidation sites excluding steroid dienone is 5. The van der Waals surface area contributed by atoms with E-state index < -0.39 is 27.9 Å². The summed E-state index contributed by atoms with van der Waals surface area (Å²) in [4.78, 5) is 49.3. The van der Waals surface area contributed by atoms with Crippen LogP contribution in [0.15, 0.2) is 65.0 Å². The van der Waals surface area contributed by atoms with E-state index in [1.54, 1.807) is 38.1 Å². The highest BCUT2D eigenvalue weighted by Gasteiger charge is 2.76. The highest BCUT2D eigenvalue weighted by atomic mass is 17.1. The summed E-state index contributed by atoms with van der Waals surface area (Å²) in [6.07, 6.45) is 4.47. The fraction of sp³-hybridized carbons (Fsp3) is 0.545. The lowest BCUT2D eigenvalue weighted by molar-refractivity contribution is -0.317. The molecule has 1 heterocycles. The number of hydrogen-bond acceptors (Lipinski definition) is 6. The number of ether oxygens (including phenoxy) is 1. The summed E-state index contributed by atoms with van der Waals surface area (Å²) < 4.78 is 6.54. The molecule has 6 nitrogen and oxygen atoms in total. The second kappa shape index (κ2) is 9.97. The predicted molar refractivity (Wildman–Crippen MR) is 150 cm³/mol. The molecule has 3 aliphatic rings. The molecular weight excluding hydrogens is 492 g/mol. The van der Waals surface area contributed by atoms with E-state index in [4.69, 9.17) is 9.62 Å². The third-order valence-electron chi connectivity index (χ3n) is 9.38. The molecule has 0 amide bonds. The van der Waals surface area contributed by atoms with Crippen molar-refractivity contribution >= 4 is 17.3 Å². The van der Waals surface area contributed by atoms with Crippen LogP contribution in [-0.4, -0.2) is 34.3 Å². The van der Waals surface area contributed by atoms with Crippen molar-refractivity contribution in [1.82, 2.24) is 0 Å². The van der Waals surface area contributed by atoms with E-state index in [9.17, 15) is 14.8 Å². The van der Waals surface area contributed by atoms with Gasteiger partial charge in [-0.15, -0.1) is 0 Å². The smallest absolute Gasteiger partial charge is 0.184 e. The van der Waals surface area contributed by atoms with Gasteiger partial charge in [-0.25, -0.2) is 4.89 Å². The van der Waals surface area contributed by atoms with Gasteiger partial charge < -0.3 is 4.74 Å². The van der Waals surface area contributed by atoms with Crippen LogP contribution in [-0.2, 0) is 19.2 Å². The van der Waals surface area contributed by atoms with Crippen LogP contribution in [0.1, 0.15) is 91.4 Å². The largest absolute Gasteiger partial charge is 0.487 e. The number of fused-ring (bicyclic) bond motifs is 3. The van der Waals surface area contributed by atoms with Gasteiger partial charge in [-0.3, -0.25) is 19.6 Å². The number of Topliss-reactive ketones (excluding diaryl/α,β-unsaturated/α-hetero) is 3. The monoisotopic (exact) mass is 534 g/mol. The van der Waals surface area contributed by atoms with Gasteiger partial charge >= 0.3 is 0 Å². The van der Waals surface area contributed by atoms with Crippen molar-refractivity contribution in [2.75, 3.05) is 0 Å². The van der Waals surface area contributed by atoms with Gasteiger partial charge in [0, 0.05) is 17.6 Å². The summed E-state index contributed by atoms with van der Waals surface area (Å²) in [6.45, 7) is 15.4. The average Bonchev–Trinajstić information content (AvgIpc) is 2.87. The maximum atomic E-state index is 15.1. The van der Waals surface area contributed by atoms with E-state index in [0.29, 0.717) is 18.4 Å². The molecule has 0 unspecified atom stereocenters. The Balaban J connectivity index is 2.13. The number of hydrogen-bond donors (Lipinski definition) is 1. The molecule has 39 heavy (non-hydrogen) atoms. The van der Waals surface area contributed by atoms with E-state index in [0.717, 1.165) is 11.1 Å². The number of ketones is 3. The lowest BCUT2D eigenvalue weighted by Crippen LogP contribution is -2.70. The molecule has 1 aromatic rings. The van der Waals surface area contributed by atoms with E-state index in [2.05, 4.69) is 6.08 Å². The van der Waals surface area contributed by atoms with E-state index in [1.165, 1.54) is 0 Å². The van der Waals surface area contributed by atoms with Crippen LogP contribution in [0.4, 0.5) is 0 Å². The van der Waals surface area contributed by atoms with Gasteiger partial charge in [-0.2, -0.15) is 0 Å². The van der Waals surface area contributed by atoms with Crippen molar-refractivity contribution in [1.29, 1.82) is 0 Å². The maximum absolute atomic E-state index is 15.1. The van der Waals surface area contributed by atoms with Crippen molar-refractivity contribution in [3.05, 3.63) is 70.5 Å². The molecular formula is C33H42O6. The lowest BCUT2D eigenvalue weighted by atomic mass is 9.39. The van der Waals surface area contributed by atoms with E-state index >= 15 is 4.79 Å². The first-order chi connectivity index (χ1) is 18.2. The van der Waals surface area contributed by atoms with Crippen LogP contribution in [0.5, 0.6) is 0 Å². The first-order valence-corrected chi connectivity index (χ1v) is 13.9. The first-order valence-electron chi connectivity index (χ1n) is 13.9. The number of carbonyl (C=O) groups excluding carboxylic acids is 3. The minimum atomic E-state index is -1.72. The van der Waals surface area contributed by atoms with Gasteiger partial charge in [0.05, 0.1) is 5.41 Å². The molecule has 1 saturated carbocycles. The van der Waals surface area contributed by atoms with Gasteiger partial charge in [0.15, 0.2) is 22.8 Å². The number of rotatable bonds is 7. The predicted octanol–water partition coefficient (Wildman–Crippen LogP) is 7.06. The Morgan fingerprint density at radius 2 is 1.64 bits per heavy atom. The van der Waals surface area contributed by atoms with E-state index in [1.807, 2.05) is 53.7 Å². The minimum absolute atomic E-state index is 0.0556. The Bertz CT molecular complexity index is 1270. The van der Waals surface area contributed by atoms with Crippen molar-refractivity contribution < 1.29 is 29.3 Å². The third-order valence-corrected chi connectivity index (χ3v) is 9.38. The Morgan fingerprint density at radius 3 is 2.21 bits per heavy atom. The molecule has 2 bridgehead atoms. The van der Waals surface area contributed by atoms with Gasteiger partial charge in [0.1, 0.15) is 17.5 Å². The summed E-state index contributed by atoms with van der Waals surface area (Å²) in [7, 11) is 0. The molecule has 1 N–H and O–H groups in total. The summed E-state index contributed by atoms with van der Waals surface area (Å²) in [5.74, 6) is -1.04. The second-order valence-corrected chi connectivity index (χ2v) is 13.1. The first kappa shape index (κ1) is 29.2. The lowest BCUT2D eigenvalue weighted by Gasteiger charge is -2.62. The minimum Gasteiger partial charge on any atom is -0.487 e. The molecule has 0 saturated heterocycles. The standard InChI is InChI=1S/C33H42O6/c1-20(2)14-15-23-19-32(17-16-21(3)4)27(35)24-18-25(39-37)31(7,8)38-28(24)33(29(32)36,30(23,5)6)26(34)22-12-10-9-11-13-22/h9-14,16,23,25,37H,15,17-19H2,1-8H3/t23-,25+,32-,33+/m0/s1. The summed E-state index contributed by atoms with van der Waals surface area (Å²) in [5, 5.41) is 9.75. The molecule has 6 heteroatoms. The Labute approximate surface area is 232 Å². The van der Waals surface area contributed by atoms with Crippen LogP contribution in [0.25, 0.3) is 0 Å². The molecule has 4 atom stereocenters. The quantitative estimate of drug-likeness (QED) is 0.132. The third kappa shape index (κ3) is 4.27. The van der Waals surface area contributed by atoms with Crippen molar-refractivity contribution in [2.24, 2.45) is 22.2 Å². The summed E-state index contributed by atoms with van der Waals surface area (Å²) in [6, 6.07) is 8.85. The van der Waals surface area contributed by atoms with Crippen molar-refractivity contribution in [2.45, 2.75) is 92.8 Å². The molecule has 1 aromatic carbocycles. The fourth-order valence-electron chi connectivity index (χ4n) is 6.89. The zero-order valence-electron chi connectivity index (χ0n) is 24.5.